The molecule has 0 aromatic heterocycles. The third-order valence-corrected chi connectivity index (χ3v) is 6.21. The van der Waals surface area contributed by atoms with Gasteiger partial charge in [-0.05, 0) is 18.8 Å². The van der Waals surface area contributed by atoms with Gasteiger partial charge in [0.05, 0.1) is 16.9 Å². The minimum Gasteiger partial charge on any atom is -0.481 e. The largest absolute Gasteiger partial charge is 0.481 e. The third-order valence-electron chi connectivity index (χ3n) is 4.64. The summed E-state index contributed by atoms with van der Waals surface area (Å²) < 4.78 is 23.0. The minimum absolute atomic E-state index is 0.000230. The minimum atomic E-state index is -3.24. The van der Waals surface area contributed by atoms with Crippen LogP contribution >= 0.6 is 0 Å². The Labute approximate surface area is 130 Å². The second-order valence-corrected chi connectivity index (χ2v) is 8.29. The zero-order chi connectivity index (χ0) is 16.4. The molecule has 1 aliphatic heterocycles. The number of amides is 2. The van der Waals surface area contributed by atoms with E-state index in [0.717, 1.165) is 12.8 Å². The third kappa shape index (κ3) is 3.26. The predicted octanol–water partition coefficient (Wildman–Crippen LogP) is 0.483. The molecule has 0 unspecified atom stereocenters. The molecule has 1 aliphatic carbocycles. The van der Waals surface area contributed by atoms with E-state index in [2.05, 4.69) is 11.9 Å². The van der Waals surface area contributed by atoms with Crippen LogP contribution in [0.5, 0.6) is 0 Å². The molecule has 0 aromatic carbocycles. The van der Waals surface area contributed by atoms with Crippen molar-refractivity contribution in [2.24, 2.45) is 11.3 Å². The van der Waals surface area contributed by atoms with Crippen molar-refractivity contribution in [3.05, 3.63) is 12.7 Å². The number of nitrogens with zero attached hydrogens (tertiary/aromatic N) is 1. The van der Waals surface area contributed by atoms with Gasteiger partial charge in [0.1, 0.15) is 0 Å². The summed E-state index contributed by atoms with van der Waals surface area (Å²) in [5, 5.41) is 12.0. The summed E-state index contributed by atoms with van der Waals surface area (Å²) in [7, 11) is -3.24. The number of aliphatic carboxylic acids is 1. The van der Waals surface area contributed by atoms with Crippen LogP contribution in [0.25, 0.3) is 0 Å². The SMILES string of the molecule is C=CCS(=O)(=O)CCNC(=O)N1C[C@@H]2CCC[C@@]2(C(=O)O)C1. The lowest BCUT2D eigenvalue weighted by molar-refractivity contribution is -0.149. The van der Waals surface area contributed by atoms with Gasteiger partial charge in [0, 0.05) is 19.6 Å². The second kappa shape index (κ2) is 6.28. The molecule has 0 aromatic rings. The highest BCUT2D eigenvalue weighted by atomic mass is 32.2. The zero-order valence-corrected chi connectivity index (χ0v) is 13.3. The molecule has 22 heavy (non-hydrogen) atoms. The Morgan fingerprint density at radius 3 is 2.77 bits per heavy atom. The van der Waals surface area contributed by atoms with Gasteiger partial charge in [-0.15, -0.1) is 6.58 Å². The maximum atomic E-state index is 12.1. The molecule has 2 fully saturated rings. The average Bonchev–Trinajstić information content (AvgIpc) is 2.95. The first-order valence-electron chi connectivity index (χ1n) is 7.38. The number of nitrogens with one attached hydrogen (secondary N) is 1. The van der Waals surface area contributed by atoms with E-state index in [-0.39, 0.29) is 36.5 Å². The fourth-order valence-corrected chi connectivity index (χ4v) is 4.42. The van der Waals surface area contributed by atoms with E-state index >= 15 is 0 Å². The number of fused-ring (bicyclic) bond motifs is 1. The molecule has 1 heterocycles. The normalized spacial score (nSPS) is 27.5. The van der Waals surface area contributed by atoms with Crippen LogP contribution in [0.3, 0.4) is 0 Å². The Bertz CT molecular complexity index is 574. The van der Waals surface area contributed by atoms with Crippen molar-refractivity contribution < 1.29 is 23.1 Å². The first kappa shape index (κ1) is 16.8. The van der Waals surface area contributed by atoms with Crippen molar-refractivity contribution in [3.63, 3.8) is 0 Å². The van der Waals surface area contributed by atoms with E-state index in [4.69, 9.17) is 0 Å². The smallest absolute Gasteiger partial charge is 0.317 e. The Morgan fingerprint density at radius 1 is 1.45 bits per heavy atom. The molecule has 2 aliphatic rings. The molecule has 2 rings (SSSR count). The Morgan fingerprint density at radius 2 is 2.18 bits per heavy atom. The lowest BCUT2D eigenvalue weighted by atomic mass is 9.81. The van der Waals surface area contributed by atoms with Crippen molar-refractivity contribution in [2.45, 2.75) is 19.3 Å². The molecule has 1 saturated heterocycles. The summed E-state index contributed by atoms with van der Waals surface area (Å²) in [5.74, 6) is -1.10. The number of hydrogen-bond acceptors (Lipinski definition) is 4. The number of carbonyl (C=O) groups excluding carboxylic acids is 1. The summed E-state index contributed by atoms with van der Waals surface area (Å²) in [6.45, 7) is 4.04. The van der Waals surface area contributed by atoms with Crippen molar-refractivity contribution in [1.82, 2.24) is 10.2 Å². The lowest BCUT2D eigenvalue weighted by Gasteiger charge is -2.23. The van der Waals surface area contributed by atoms with Gasteiger partial charge >= 0.3 is 12.0 Å². The highest BCUT2D eigenvalue weighted by Crippen LogP contribution is 2.48. The van der Waals surface area contributed by atoms with Gasteiger partial charge in [-0.3, -0.25) is 4.79 Å². The quantitative estimate of drug-likeness (QED) is 0.690. The first-order valence-corrected chi connectivity index (χ1v) is 9.20. The number of likely N-dealkylation sites (tertiary alicyclic amines) is 1. The van der Waals surface area contributed by atoms with E-state index < -0.39 is 21.2 Å². The predicted molar refractivity (Wildman–Crippen MR) is 81.2 cm³/mol. The van der Waals surface area contributed by atoms with Gasteiger partial charge in [0.15, 0.2) is 9.84 Å². The molecule has 8 heteroatoms. The zero-order valence-electron chi connectivity index (χ0n) is 12.5. The number of carboxylic acids is 1. The van der Waals surface area contributed by atoms with Crippen molar-refractivity contribution in [3.8, 4) is 0 Å². The van der Waals surface area contributed by atoms with E-state index in [9.17, 15) is 23.1 Å². The molecule has 7 nitrogen and oxygen atoms in total. The van der Waals surface area contributed by atoms with Crippen molar-refractivity contribution >= 4 is 21.8 Å². The standard InChI is InChI=1S/C14H22N2O5S/c1-2-7-22(20,21)8-6-15-13(19)16-9-11-4-3-5-14(11,10-16)12(17)18/h2,11H,1,3-10H2,(H,15,19)(H,17,18)/t11-,14+/m0/s1. The molecule has 2 N–H and O–H groups in total. The maximum absolute atomic E-state index is 12.1. The molecular formula is C14H22N2O5S. The maximum Gasteiger partial charge on any atom is 0.317 e. The fraction of sp³-hybridized carbons (Fsp3) is 0.714. The van der Waals surface area contributed by atoms with Gasteiger partial charge < -0.3 is 15.3 Å². The molecular weight excluding hydrogens is 308 g/mol. The van der Waals surface area contributed by atoms with Crippen LogP contribution in [0.2, 0.25) is 0 Å². The molecule has 0 bridgehead atoms. The summed E-state index contributed by atoms with van der Waals surface area (Å²) in [5.41, 5.74) is -0.813. The van der Waals surface area contributed by atoms with Gasteiger partial charge in [0.2, 0.25) is 0 Å². The van der Waals surface area contributed by atoms with Crippen LogP contribution in [0, 0.1) is 11.3 Å². The van der Waals surface area contributed by atoms with Gasteiger partial charge in [0.25, 0.3) is 0 Å². The molecule has 0 radical (unpaired) electrons. The molecule has 2 amide bonds. The van der Waals surface area contributed by atoms with Crippen LogP contribution in [-0.4, -0.2) is 61.6 Å². The first-order chi connectivity index (χ1) is 10.3. The summed E-state index contributed by atoms with van der Waals surface area (Å²) in [6, 6.07) is -0.385. The number of carboxylic acid groups (broad SMARTS) is 1. The molecule has 1 saturated carbocycles. The van der Waals surface area contributed by atoms with E-state index in [1.54, 1.807) is 0 Å². The van der Waals surface area contributed by atoms with Crippen molar-refractivity contribution in [2.75, 3.05) is 31.1 Å². The monoisotopic (exact) mass is 330 g/mol. The van der Waals surface area contributed by atoms with Gasteiger partial charge in [-0.2, -0.15) is 0 Å². The number of carbonyl (C=O) groups is 2. The summed E-state index contributed by atoms with van der Waals surface area (Å²) in [4.78, 5) is 25.1. The summed E-state index contributed by atoms with van der Waals surface area (Å²) in [6.07, 6.45) is 3.62. The highest BCUT2D eigenvalue weighted by molar-refractivity contribution is 7.91. The van der Waals surface area contributed by atoms with Crippen molar-refractivity contribution in [1.29, 1.82) is 0 Å². The fourth-order valence-electron chi connectivity index (χ4n) is 3.48. The van der Waals surface area contributed by atoms with Gasteiger partial charge in [-0.25, -0.2) is 13.2 Å². The van der Waals surface area contributed by atoms with Crippen LogP contribution in [0.4, 0.5) is 4.79 Å². The van der Waals surface area contributed by atoms with Crippen LogP contribution < -0.4 is 5.32 Å². The molecule has 2 atom stereocenters. The average molecular weight is 330 g/mol. The Hall–Kier alpha value is -1.57. The lowest BCUT2D eigenvalue weighted by Crippen LogP contribution is -2.43. The van der Waals surface area contributed by atoms with Crippen LogP contribution in [-0.2, 0) is 14.6 Å². The Kier molecular flexibility index (Phi) is 4.79. The number of hydrogen-bond donors (Lipinski definition) is 2. The summed E-state index contributed by atoms with van der Waals surface area (Å²) >= 11 is 0. The molecule has 124 valence electrons. The highest BCUT2D eigenvalue weighted by Gasteiger charge is 2.55. The van der Waals surface area contributed by atoms with E-state index in [0.29, 0.717) is 13.0 Å². The second-order valence-electron chi connectivity index (χ2n) is 6.07. The van der Waals surface area contributed by atoms with Gasteiger partial charge in [-0.1, -0.05) is 12.5 Å². The van der Waals surface area contributed by atoms with E-state index in [1.165, 1.54) is 11.0 Å². The van der Waals surface area contributed by atoms with Crippen LogP contribution in [0.1, 0.15) is 19.3 Å². The Balaban J connectivity index is 1.87. The topological polar surface area (TPSA) is 104 Å². The number of rotatable bonds is 6. The number of sulfone groups is 1. The van der Waals surface area contributed by atoms with E-state index in [1.807, 2.05) is 0 Å². The van der Waals surface area contributed by atoms with Crippen LogP contribution in [0.15, 0.2) is 12.7 Å². The molecule has 0 spiro atoms. The number of urea groups is 1.